The van der Waals surface area contributed by atoms with E-state index >= 15 is 0 Å². The molecule has 5 heteroatoms. The molecule has 0 fully saturated rings. The molecule has 0 aromatic carbocycles. The molecule has 2 heterocycles. The Hall–Kier alpha value is -1.49. The second-order valence-corrected chi connectivity index (χ2v) is 6.64. The summed E-state index contributed by atoms with van der Waals surface area (Å²) in [7, 11) is 2.10. The average Bonchev–Trinajstić information content (AvgIpc) is 2.98. The smallest absolute Gasteiger partial charge is 0.150 e. The van der Waals surface area contributed by atoms with Gasteiger partial charge in [0.1, 0.15) is 0 Å². The van der Waals surface area contributed by atoms with Crippen LogP contribution >= 0.6 is 11.3 Å². The van der Waals surface area contributed by atoms with Crippen LogP contribution in [0.1, 0.15) is 37.4 Å². The Balaban J connectivity index is 2.26. The first-order chi connectivity index (χ1) is 9.41. The Morgan fingerprint density at radius 3 is 2.65 bits per heavy atom. The highest BCUT2D eigenvalue weighted by Gasteiger charge is 2.21. The molecular weight excluding hydrogens is 268 g/mol. The second kappa shape index (κ2) is 5.87. The van der Waals surface area contributed by atoms with Crippen molar-refractivity contribution in [3.05, 3.63) is 28.1 Å². The predicted molar refractivity (Wildman–Crippen MR) is 87.6 cm³/mol. The maximum atomic E-state index is 6.23. The molecule has 2 aromatic rings. The number of nitrogen functional groups attached to an aromatic ring is 1. The number of likely N-dealkylation sites (N-methyl/N-ethyl adjacent to an activating group) is 1. The van der Waals surface area contributed by atoms with E-state index < -0.39 is 0 Å². The van der Waals surface area contributed by atoms with Gasteiger partial charge in [-0.05, 0) is 39.1 Å². The molecule has 110 valence electrons. The van der Waals surface area contributed by atoms with Gasteiger partial charge < -0.3 is 10.6 Å². The number of rotatable bonds is 5. The molecule has 0 aliphatic carbocycles. The van der Waals surface area contributed by atoms with E-state index in [-0.39, 0.29) is 0 Å². The van der Waals surface area contributed by atoms with Crippen LogP contribution in [-0.2, 0) is 6.42 Å². The first kappa shape index (κ1) is 14.9. The third-order valence-corrected chi connectivity index (χ3v) is 4.57. The summed E-state index contributed by atoms with van der Waals surface area (Å²) in [5.41, 5.74) is 7.93. The largest absolute Gasteiger partial charge is 0.394 e. The molecule has 0 spiro atoms. The summed E-state index contributed by atoms with van der Waals surface area (Å²) >= 11 is 1.80. The molecule has 1 unspecified atom stereocenters. The zero-order chi connectivity index (χ0) is 14.9. The Labute approximate surface area is 125 Å². The van der Waals surface area contributed by atoms with Crippen LogP contribution in [0.2, 0.25) is 0 Å². The Morgan fingerprint density at radius 2 is 2.10 bits per heavy atom. The molecule has 1 atom stereocenters. The van der Waals surface area contributed by atoms with Gasteiger partial charge in [-0.25, -0.2) is 4.68 Å². The average molecular weight is 292 g/mol. The lowest BCUT2D eigenvalue weighted by Crippen LogP contribution is -2.33. The Bertz CT molecular complexity index is 557. The van der Waals surface area contributed by atoms with Crippen LogP contribution in [-0.4, -0.2) is 22.9 Å². The number of hydrogen-bond donors (Lipinski definition) is 1. The van der Waals surface area contributed by atoms with Gasteiger partial charge >= 0.3 is 0 Å². The van der Waals surface area contributed by atoms with Crippen molar-refractivity contribution in [2.24, 2.45) is 0 Å². The van der Waals surface area contributed by atoms with Crippen molar-refractivity contribution in [1.29, 1.82) is 0 Å². The van der Waals surface area contributed by atoms with Gasteiger partial charge in [0.05, 0.1) is 11.4 Å². The normalized spacial score (nSPS) is 12.9. The minimum Gasteiger partial charge on any atom is -0.394 e. The van der Waals surface area contributed by atoms with Crippen LogP contribution in [0.15, 0.2) is 17.5 Å². The van der Waals surface area contributed by atoms with E-state index in [2.05, 4.69) is 55.3 Å². The van der Waals surface area contributed by atoms with Crippen molar-refractivity contribution in [2.75, 3.05) is 17.7 Å². The molecule has 20 heavy (non-hydrogen) atoms. The lowest BCUT2D eigenvalue weighted by atomic mass is 10.2. The minimum atomic E-state index is 0.303. The number of aryl methyl sites for hydroxylation is 1. The molecule has 2 aromatic heterocycles. The van der Waals surface area contributed by atoms with Crippen LogP contribution in [0.4, 0.5) is 11.5 Å². The van der Waals surface area contributed by atoms with Gasteiger partial charge in [-0.2, -0.15) is 5.10 Å². The molecule has 0 amide bonds. The highest BCUT2D eigenvalue weighted by molar-refractivity contribution is 7.09. The SMILES string of the molecule is Cc1nn(C(C)C)c(N(C)C(C)Cc2cccs2)c1N. The zero-order valence-corrected chi connectivity index (χ0v) is 13.7. The zero-order valence-electron chi connectivity index (χ0n) is 12.9. The van der Waals surface area contributed by atoms with E-state index in [9.17, 15) is 0 Å². The van der Waals surface area contributed by atoms with Crippen LogP contribution < -0.4 is 10.6 Å². The number of nitrogens with two attached hydrogens (primary N) is 1. The molecule has 0 bridgehead atoms. The molecule has 0 aliphatic heterocycles. The summed E-state index contributed by atoms with van der Waals surface area (Å²) in [6, 6.07) is 4.97. The van der Waals surface area contributed by atoms with Crippen LogP contribution in [0, 0.1) is 6.92 Å². The first-order valence-corrected chi connectivity index (χ1v) is 7.89. The van der Waals surface area contributed by atoms with Crippen molar-refractivity contribution < 1.29 is 0 Å². The van der Waals surface area contributed by atoms with Crippen LogP contribution in [0.5, 0.6) is 0 Å². The van der Waals surface area contributed by atoms with Crippen molar-refractivity contribution in [3.63, 3.8) is 0 Å². The molecule has 0 saturated heterocycles. The standard InChI is InChI=1S/C15H24N4S/c1-10(2)19-15(14(16)12(4)17-19)18(5)11(3)9-13-7-6-8-20-13/h6-8,10-11H,9,16H2,1-5H3. The van der Waals surface area contributed by atoms with E-state index in [1.54, 1.807) is 11.3 Å². The number of aromatic nitrogens is 2. The quantitative estimate of drug-likeness (QED) is 0.917. The predicted octanol–water partition coefficient (Wildman–Crippen LogP) is 3.48. The number of hydrogen-bond acceptors (Lipinski definition) is 4. The van der Waals surface area contributed by atoms with Crippen molar-refractivity contribution in [1.82, 2.24) is 9.78 Å². The highest BCUT2D eigenvalue weighted by atomic mass is 32.1. The summed E-state index contributed by atoms with van der Waals surface area (Å²) in [6.07, 6.45) is 1.02. The lowest BCUT2D eigenvalue weighted by molar-refractivity contribution is 0.516. The van der Waals surface area contributed by atoms with Gasteiger partial charge in [-0.1, -0.05) is 6.07 Å². The van der Waals surface area contributed by atoms with Crippen LogP contribution in [0.3, 0.4) is 0 Å². The molecule has 4 nitrogen and oxygen atoms in total. The summed E-state index contributed by atoms with van der Waals surface area (Å²) < 4.78 is 2.02. The Morgan fingerprint density at radius 1 is 1.40 bits per heavy atom. The van der Waals surface area contributed by atoms with Gasteiger partial charge in [-0.15, -0.1) is 11.3 Å². The van der Waals surface area contributed by atoms with Gasteiger partial charge in [-0.3, -0.25) is 0 Å². The van der Waals surface area contributed by atoms with Crippen molar-refractivity contribution in [3.8, 4) is 0 Å². The van der Waals surface area contributed by atoms with Gasteiger partial charge in [0.25, 0.3) is 0 Å². The van der Waals surface area contributed by atoms with Gasteiger partial charge in [0.15, 0.2) is 5.82 Å². The Kier molecular flexibility index (Phi) is 4.38. The number of anilines is 2. The van der Waals surface area contributed by atoms with E-state index in [0.29, 0.717) is 12.1 Å². The molecule has 0 radical (unpaired) electrons. The van der Waals surface area contributed by atoms with E-state index in [4.69, 9.17) is 5.73 Å². The van der Waals surface area contributed by atoms with Crippen molar-refractivity contribution >= 4 is 22.8 Å². The molecule has 2 rings (SSSR count). The molecule has 0 saturated carbocycles. The maximum absolute atomic E-state index is 6.23. The van der Waals surface area contributed by atoms with E-state index in [1.807, 2.05) is 11.6 Å². The van der Waals surface area contributed by atoms with E-state index in [1.165, 1.54) is 4.88 Å². The van der Waals surface area contributed by atoms with Crippen molar-refractivity contribution in [2.45, 2.75) is 46.2 Å². The fraction of sp³-hybridized carbons (Fsp3) is 0.533. The number of thiophene rings is 1. The second-order valence-electron chi connectivity index (χ2n) is 5.60. The number of nitrogens with zero attached hydrogens (tertiary/aromatic N) is 3. The lowest BCUT2D eigenvalue weighted by Gasteiger charge is -2.28. The van der Waals surface area contributed by atoms with Gasteiger partial charge in [0, 0.05) is 30.4 Å². The molecule has 0 aliphatic rings. The summed E-state index contributed by atoms with van der Waals surface area (Å²) in [4.78, 5) is 3.64. The first-order valence-electron chi connectivity index (χ1n) is 7.01. The van der Waals surface area contributed by atoms with E-state index in [0.717, 1.165) is 23.6 Å². The fourth-order valence-electron chi connectivity index (χ4n) is 2.33. The fourth-order valence-corrected chi connectivity index (χ4v) is 3.15. The third kappa shape index (κ3) is 2.82. The van der Waals surface area contributed by atoms with Gasteiger partial charge in [0.2, 0.25) is 0 Å². The molecule has 2 N–H and O–H groups in total. The maximum Gasteiger partial charge on any atom is 0.150 e. The third-order valence-electron chi connectivity index (χ3n) is 3.67. The summed E-state index contributed by atoms with van der Waals surface area (Å²) in [6.45, 7) is 8.46. The summed E-state index contributed by atoms with van der Waals surface area (Å²) in [5.74, 6) is 1.03. The molecular formula is C15H24N4S. The monoisotopic (exact) mass is 292 g/mol. The topological polar surface area (TPSA) is 47.1 Å². The highest BCUT2D eigenvalue weighted by Crippen LogP contribution is 2.30. The van der Waals surface area contributed by atoms with Crippen LogP contribution in [0.25, 0.3) is 0 Å². The minimum absolute atomic E-state index is 0.303. The summed E-state index contributed by atoms with van der Waals surface area (Å²) in [5, 5.41) is 6.69.